The van der Waals surface area contributed by atoms with Gasteiger partial charge in [0.2, 0.25) is 0 Å². The maximum Gasteiger partial charge on any atom is 0.273 e. The van der Waals surface area contributed by atoms with Crippen LogP contribution in [0.25, 0.3) is 5.69 Å². The van der Waals surface area contributed by atoms with Crippen molar-refractivity contribution in [1.29, 1.82) is 0 Å². The number of hydrogen-bond donors (Lipinski definition) is 1. The minimum Gasteiger partial charge on any atom is -0.348 e. The van der Waals surface area contributed by atoms with Crippen LogP contribution < -0.4 is 5.32 Å². The lowest BCUT2D eigenvalue weighted by molar-refractivity contribution is 0.0933. The van der Waals surface area contributed by atoms with E-state index in [0.717, 1.165) is 43.9 Å². The highest BCUT2D eigenvalue weighted by Gasteiger charge is 2.22. The van der Waals surface area contributed by atoms with E-state index in [9.17, 15) is 4.79 Å². The molecule has 0 radical (unpaired) electrons. The number of amides is 1. The fourth-order valence-corrected chi connectivity index (χ4v) is 3.28. The molecule has 6 heteroatoms. The smallest absolute Gasteiger partial charge is 0.273 e. The van der Waals surface area contributed by atoms with Gasteiger partial charge in [0.25, 0.3) is 5.91 Å². The standard InChI is InChI=1S/C19H27N5O/c1-5-13(3)20-19(25)18-14(4)24(22-21-18)17-9-7-8-15-12-23(6-2)11-10-16(15)17/h7-9,13H,5-6,10-12H2,1-4H3,(H,20,25)/t13-/m1/s1. The van der Waals surface area contributed by atoms with Crippen LogP contribution in [0.2, 0.25) is 0 Å². The first-order valence-corrected chi connectivity index (χ1v) is 9.11. The van der Waals surface area contributed by atoms with Gasteiger partial charge in [-0.2, -0.15) is 0 Å². The maximum absolute atomic E-state index is 12.4. The summed E-state index contributed by atoms with van der Waals surface area (Å²) < 4.78 is 1.81. The minimum absolute atomic E-state index is 0.126. The zero-order valence-electron chi connectivity index (χ0n) is 15.5. The van der Waals surface area contributed by atoms with E-state index in [1.54, 1.807) is 0 Å². The van der Waals surface area contributed by atoms with E-state index in [4.69, 9.17) is 0 Å². The zero-order valence-corrected chi connectivity index (χ0v) is 15.5. The highest BCUT2D eigenvalue weighted by atomic mass is 16.2. The summed E-state index contributed by atoms with van der Waals surface area (Å²) in [4.78, 5) is 14.9. The summed E-state index contributed by atoms with van der Waals surface area (Å²) in [6, 6.07) is 6.44. The van der Waals surface area contributed by atoms with E-state index >= 15 is 0 Å². The third kappa shape index (κ3) is 3.44. The van der Waals surface area contributed by atoms with Crippen LogP contribution in [0.5, 0.6) is 0 Å². The van der Waals surface area contributed by atoms with Crippen LogP contribution in [0.1, 0.15) is 54.5 Å². The Morgan fingerprint density at radius 3 is 2.88 bits per heavy atom. The van der Waals surface area contributed by atoms with Gasteiger partial charge >= 0.3 is 0 Å². The van der Waals surface area contributed by atoms with Gasteiger partial charge in [0.15, 0.2) is 5.69 Å². The Morgan fingerprint density at radius 2 is 2.16 bits per heavy atom. The van der Waals surface area contributed by atoms with Gasteiger partial charge in [-0.3, -0.25) is 9.69 Å². The van der Waals surface area contributed by atoms with Crippen molar-refractivity contribution in [2.45, 2.75) is 53.1 Å². The fourth-order valence-electron chi connectivity index (χ4n) is 3.28. The molecule has 1 aliphatic heterocycles. The molecule has 0 spiro atoms. The van der Waals surface area contributed by atoms with Crippen molar-refractivity contribution < 1.29 is 4.79 Å². The van der Waals surface area contributed by atoms with Gasteiger partial charge in [-0.1, -0.05) is 31.2 Å². The number of hydrogen-bond acceptors (Lipinski definition) is 4. The largest absolute Gasteiger partial charge is 0.348 e. The molecule has 0 saturated heterocycles. The fraction of sp³-hybridized carbons (Fsp3) is 0.526. The molecule has 1 aliphatic rings. The molecule has 0 bridgehead atoms. The molecule has 2 heterocycles. The third-order valence-electron chi connectivity index (χ3n) is 5.10. The normalized spacial score (nSPS) is 15.7. The van der Waals surface area contributed by atoms with E-state index < -0.39 is 0 Å². The average molecular weight is 341 g/mol. The van der Waals surface area contributed by atoms with Crippen molar-refractivity contribution in [3.05, 3.63) is 40.7 Å². The second-order valence-corrected chi connectivity index (χ2v) is 6.75. The molecule has 1 amide bonds. The highest BCUT2D eigenvalue weighted by molar-refractivity contribution is 5.93. The Balaban J connectivity index is 1.93. The quantitative estimate of drug-likeness (QED) is 0.907. The molecule has 0 aliphatic carbocycles. The van der Waals surface area contributed by atoms with Crippen molar-refractivity contribution in [3.8, 4) is 5.69 Å². The molecule has 0 unspecified atom stereocenters. The van der Waals surface area contributed by atoms with E-state index in [0.29, 0.717) is 5.69 Å². The second-order valence-electron chi connectivity index (χ2n) is 6.75. The molecule has 1 atom stereocenters. The summed E-state index contributed by atoms with van der Waals surface area (Å²) in [6.07, 6.45) is 1.88. The number of nitrogens with one attached hydrogen (secondary N) is 1. The van der Waals surface area contributed by atoms with Crippen LogP contribution in [0.15, 0.2) is 18.2 Å². The Morgan fingerprint density at radius 1 is 1.36 bits per heavy atom. The maximum atomic E-state index is 12.4. The van der Waals surface area contributed by atoms with Crippen LogP contribution >= 0.6 is 0 Å². The topological polar surface area (TPSA) is 63.1 Å². The summed E-state index contributed by atoms with van der Waals surface area (Å²) in [7, 11) is 0. The number of benzene rings is 1. The van der Waals surface area contributed by atoms with E-state index in [1.165, 1.54) is 11.1 Å². The highest BCUT2D eigenvalue weighted by Crippen LogP contribution is 2.26. The predicted molar refractivity (Wildman–Crippen MR) is 98.0 cm³/mol. The Hall–Kier alpha value is -2.21. The number of nitrogens with zero attached hydrogens (tertiary/aromatic N) is 4. The minimum atomic E-state index is -0.153. The summed E-state index contributed by atoms with van der Waals surface area (Å²) in [6.45, 7) is 11.2. The first-order chi connectivity index (χ1) is 12.0. The number of carbonyl (C=O) groups excluding carboxylic acids is 1. The van der Waals surface area contributed by atoms with E-state index in [1.807, 2.05) is 25.5 Å². The molecule has 2 aromatic rings. The van der Waals surface area contributed by atoms with Gasteiger partial charge in [0, 0.05) is 19.1 Å². The molecule has 6 nitrogen and oxygen atoms in total. The number of aromatic nitrogens is 3. The van der Waals surface area contributed by atoms with Gasteiger partial charge in [-0.05, 0) is 50.4 Å². The molecular formula is C19H27N5O. The van der Waals surface area contributed by atoms with Gasteiger partial charge in [-0.25, -0.2) is 4.68 Å². The number of carbonyl (C=O) groups is 1. The van der Waals surface area contributed by atoms with E-state index in [2.05, 4.69) is 45.7 Å². The first kappa shape index (κ1) is 17.6. The predicted octanol–water partition coefficient (Wildman–Crippen LogP) is 2.48. The van der Waals surface area contributed by atoms with Crippen molar-refractivity contribution in [1.82, 2.24) is 25.2 Å². The van der Waals surface area contributed by atoms with Crippen molar-refractivity contribution in [3.63, 3.8) is 0 Å². The van der Waals surface area contributed by atoms with Crippen LogP contribution in [-0.4, -0.2) is 44.9 Å². The summed E-state index contributed by atoms with van der Waals surface area (Å²) in [5.74, 6) is -0.153. The number of likely N-dealkylation sites (N-methyl/N-ethyl adjacent to an activating group) is 1. The van der Waals surface area contributed by atoms with Gasteiger partial charge in [0.1, 0.15) is 0 Å². The Bertz CT molecular complexity index is 767. The average Bonchev–Trinajstić information content (AvgIpc) is 3.01. The number of fused-ring (bicyclic) bond motifs is 1. The number of rotatable bonds is 5. The monoisotopic (exact) mass is 341 g/mol. The molecule has 0 saturated carbocycles. The van der Waals surface area contributed by atoms with Gasteiger partial charge in [0.05, 0.1) is 11.4 Å². The van der Waals surface area contributed by atoms with Gasteiger partial charge in [-0.15, -0.1) is 5.10 Å². The SMILES string of the molecule is CC[C@@H](C)NC(=O)c1nnn(-c2cccc3c2CCN(CC)C3)c1C. The lowest BCUT2D eigenvalue weighted by Crippen LogP contribution is -2.32. The third-order valence-corrected chi connectivity index (χ3v) is 5.10. The lowest BCUT2D eigenvalue weighted by Gasteiger charge is -2.29. The molecule has 1 N–H and O–H groups in total. The van der Waals surface area contributed by atoms with Crippen molar-refractivity contribution >= 4 is 5.91 Å². The zero-order chi connectivity index (χ0) is 18.0. The molecule has 25 heavy (non-hydrogen) atoms. The van der Waals surface area contributed by atoms with E-state index in [-0.39, 0.29) is 11.9 Å². The Kier molecular flexibility index (Phi) is 5.18. The Labute approximate surface area is 149 Å². The van der Waals surface area contributed by atoms with Crippen LogP contribution in [0.4, 0.5) is 0 Å². The molecular weight excluding hydrogens is 314 g/mol. The second kappa shape index (κ2) is 7.35. The molecule has 0 fully saturated rings. The molecule has 134 valence electrons. The van der Waals surface area contributed by atoms with Gasteiger partial charge < -0.3 is 5.32 Å². The molecule has 1 aromatic heterocycles. The van der Waals surface area contributed by atoms with Crippen LogP contribution in [-0.2, 0) is 13.0 Å². The van der Waals surface area contributed by atoms with Crippen molar-refractivity contribution in [2.75, 3.05) is 13.1 Å². The van der Waals surface area contributed by atoms with Crippen molar-refractivity contribution in [2.24, 2.45) is 0 Å². The molecule has 3 rings (SSSR count). The van der Waals surface area contributed by atoms with Crippen LogP contribution in [0, 0.1) is 6.92 Å². The summed E-state index contributed by atoms with van der Waals surface area (Å²) in [5.41, 5.74) is 4.89. The molecule has 1 aromatic carbocycles. The lowest BCUT2D eigenvalue weighted by atomic mass is 9.97. The first-order valence-electron chi connectivity index (χ1n) is 9.11. The summed E-state index contributed by atoms with van der Waals surface area (Å²) in [5, 5.41) is 11.4. The summed E-state index contributed by atoms with van der Waals surface area (Å²) >= 11 is 0. The van der Waals surface area contributed by atoms with Crippen LogP contribution in [0.3, 0.4) is 0 Å².